The number of rotatable bonds is 0. The van der Waals surface area contributed by atoms with Crippen LogP contribution in [0.4, 0.5) is 5.69 Å². The summed E-state index contributed by atoms with van der Waals surface area (Å²) in [5.41, 5.74) is 8.49. The van der Waals surface area contributed by atoms with Crippen LogP contribution in [-0.2, 0) is 5.41 Å². The Bertz CT molecular complexity index is 433. The van der Waals surface area contributed by atoms with Crippen molar-refractivity contribution in [2.75, 3.05) is 0 Å². The molecule has 1 saturated carbocycles. The smallest absolute Gasteiger partial charge is 0.110 e. The minimum Gasteiger partial charge on any atom is -0.386 e. The molecule has 0 bridgehead atoms. The molecule has 1 aromatic rings. The number of hydrogen-bond acceptors (Lipinski definition) is 2. The van der Waals surface area contributed by atoms with E-state index in [2.05, 4.69) is 39.1 Å². The van der Waals surface area contributed by atoms with Crippen molar-refractivity contribution in [3.05, 3.63) is 28.2 Å². The van der Waals surface area contributed by atoms with E-state index in [1.165, 1.54) is 12.0 Å². The van der Waals surface area contributed by atoms with E-state index < -0.39 is 0 Å². The van der Waals surface area contributed by atoms with Crippen molar-refractivity contribution < 1.29 is 0 Å². The van der Waals surface area contributed by atoms with Crippen LogP contribution in [0.2, 0.25) is 0 Å². The lowest BCUT2D eigenvalue weighted by Crippen LogP contribution is -2.44. The van der Waals surface area contributed by atoms with E-state index in [0.29, 0.717) is 0 Å². The van der Waals surface area contributed by atoms with Gasteiger partial charge in [-0.05, 0) is 30.5 Å². The summed E-state index contributed by atoms with van der Waals surface area (Å²) in [6, 6.07) is 6.28. The number of nitrogens with two attached hydrogens (primary N) is 1. The zero-order valence-electron chi connectivity index (χ0n) is 7.76. The highest BCUT2D eigenvalue weighted by molar-refractivity contribution is 9.10. The van der Waals surface area contributed by atoms with Crippen LogP contribution < -0.4 is 5.73 Å². The lowest BCUT2D eigenvalue weighted by Gasteiger charge is -2.38. The van der Waals surface area contributed by atoms with Crippen LogP contribution >= 0.6 is 15.9 Å². The van der Waals surface area contributed by atoms with Gasteiger partial charge in [0.15, 0.2) is 0 Å². The average Bonchev–Trinajstić information content (AvgIpc) is 2.34. The van der Waals surface area contributed by atoms with E-state index in [9.17, 15) is 0 Å². The number of fused-ring (bicyclic) bond motifs is 2. The third-order valence-electron chi connectivity index (χ3n) is 3.41. The number of benzene rings is 1. The first-order valence-corrected chi connectivity index (χ1v) is 5.66. The molecule has 0 amide bonds. The number of hydrogen-bond donors (Lipinski definition) is 1. The molecular weight excluding hydrogens is 240 g/mol. The predicted octanol–water partition coefficient (Wildman–Crippen LogP) is 2.87. The molecule has 2 nitrogen and oxygen atoms in total. The minimum atomic E-state index is 0.107. The Kier molecular flexibility index (Phi) is 1.57. The number of aliphatic imine (C=N–C) groups is 1. The van der Waals surface area contributed by atoms with Gasteiger partial charge in [0.25, 0.3) is 0 Å². The van der Waals surface area contributed by atoms with E-state index in [1.807, 2.05) is 0 Å². The molecule has 3 rings (SSSR count). The van der Waals surface area contributed by atoms with Gasteiger partial charge in [-0.2, -0.15) is 0 Å². The van der Waals surface area contributed by atoms with Crippen molar-refractivity contribution in [1.29, 1.82) is 0 Å². The molecule has 1 aromatic carbocycles. The molecule has 0 atom stereocenters. The third-order valence-corrected chi connectivity index (χ3v) is 3.91. The van der Waals surface area contributed by atoms with Crippen molar-refractivity contribution >= 4 is 27.5 Å². The quantitative estimate of drug-likeness (QED) is 0.756. The normalized spacial score (nSPS) is 21.6. The molecule has 72 valence electrons. The van der Waals surface area contributed by atoms with E-state index >= 15 is 0 Å². The second kappa shape index (κ2) is 2.60. The van der Waals surface area contributed by atoms with Crippen LogP contribution in [0.1, 0.15) is 24.8 Å². The molecule has 1 spiro atoms. The van der Waals surface area contributed by atoms with Gasteiger partial charge < -0.3 is 5.73 Å². The third kappa shape index (κ3) is 0.883. The van der Waals surface area contributed by atoms with Crippen LogP contribution in [0.5, 0.6) is 0 Å². The predicted molar refractivity (Wildman–Crippen MR) is 61.0 cm³/mol. The molecule has 1 fully saturated rings. The van der Waals surface area contributed by atoms with Crippen molar-refractivity contribution in [2.24, 2.45) is 10.7 Å². The first-order chi connectivity index (χ1) is 6.72. The standard InChI is InChI=1S/C11H11BrN2/c12-7-2-3-8-9(6-7)14-10(13)11(8)4-1-5-11/h2-3,6H,1,4-5H2,(H2,13,14). The molecule has 0 radical (unpaired) electrons. The van der Waals surface area contributed by atoms with Crippen LogP contribution in [0.3, 0.4) is 0 Å². The van der Waals surface area contributed by atoms with E-state index in [4.69, 9.17) is 5.73 Å². The van der Waals surface area contributed by atoms with Gasteiger partial charge in [0.2, 0.25) is 0 Å². The van der Waals surface area contributed by atoms with Crippen molar-refractivity contribution in [3.63, 3.8) is 0 Å². The van der Waals surface area contributed by atoms with Gasteiger partial charge in [0.05, 0.1) is 11.1 Å². The monoisotopic (exact) mass is 250 g/mol. The van der Waals surface area contributed by atoms with Gasteiger partial charge in [0, 0.05) is 4.47 Å². The SMILES string of the molecule is NC1=Nc2cc(Br)ccc2C12CCC2. The van der Waals surface area contributed by atoms with Crippen molar-refractivity contribution in [3.8, 4) is 0 Å². The Morgan fingerprint density at radius 1 is 1.36 bits per heavy atom. The van der Waals surface area contributed by atoms with Crippen molar-refractivity contribution in [2.45, 2.75) is 24.7 Å². The summed E-state index contributed by atoms with van der Waals surface area (Å²) >= 11 is 3.45. The molecule has 14 heavy (non-hydrogen) atoms. The van der Waals surface area contributed by atoms with Gasteiger partial charge in [-0.15, -0.1) is 0 Å². The summed E-state index contributed by atoms with van der Waals surface area (Å²) in [5, 5.41) is 0. The molecule has 0 saturated heterocycles. The summed E-state index contributed by atoms with van der Waals surface area (Å²) in [4.78, 5) is 4.45. The molecule has 0 unspecified atom stereocenters. The molecule has 2 aliphatic rings. The fourth-order valence-corrected chi connectivity index (χ4v) is 2.78. The van der Waals surface area contributed by atoms with Crippen LogP contribution in [0, 0.1) is 0 Å². The maximum Gasteiger partial charge on any atom is 0.110 e. The van der Waals surface area contributed by atoms with E-state index in [-0.39, 0.29) is 5.41 Å². The summed E-state index contributed by atoms with van der Waals surface area (Å²) in [6.07, 6.45) is 3.60. The largest absolute Gasteiger partial charge is 0.386 e. The number of nitrogens with zero attached hydrogens (tertiary/aromatic N) is 1. The maximum atomic E-state index is 6.01. The van der Waals surface area contributed by atoms with Crippen LogP contribution in [0.25, 0.3) is 0 Å². The molecule has 3 heteroatoms. The average molecular weight is 251 g/mol. The fourth-order valence-electron chi connectivity index (χ4n) is 2.43. The molecule has 1 heterocycles. The van der Waals surface area contributed by atoms with Gasteiger partial charge in [-0.1, -0.05) is 28.4 Å². The van der Waals surface area contributed by atoms with Gasteiger partial charge >= 0.3 is 0 Å². The highest BCUT2D eigenvalue weighted by Crippen LogP contribution is 2.51. The molecule has 2 N–H and O–H groups in total. The molecule has 1 aliphatic carbocycles. The molecule has 0 aromatic heterocycles. The Morgan fingerprint density at radius 3 is 2.79 bits per heavy atom. The summed E-state index contributed by atoms with van der Waals surface area (Å²) < 4.78 is 1.07. The highest BCUT2D eigenvalue weighted by atomic mass is 79.9. The minimum absolute atomic E-state index is 0.107. The van der Waals surface area contributed by atoms with Gasteiger partial charge in [-0.3, -0.25) is 0 Å². The Morgan fingerprint density at radius 2 is 2.14 bits per heavy atom. The second-order valence-corrected chi connectivity index (χ2v) is 5.01. The Balaban J connectivity index is 2.20. The van der Waals surface area contributed by atoms with Gasteiger partial charge in [0.1, 0.15) is 5.84 Å². The highest BCUT2D eigenvalue weighted by Gasteiger charge is 2.46. The van der Waals surface area contributed by atoms with E-state index in [0.717, 1.165) is 28.8 Å². The summed E-state index contributed by atoms with van der Waals surface area (Å²) in [5.74, 6) is 0.817. The van der Waals surface area contributed by atoms with Gasteiger partial charge in [-0.25, -0.2) is 4.99 Å². The maximum absolute atomic E-state index is 6.01. The van der Waals surface area contributed by atoms with Crippen molar-refractivity contribution in [1.82, 2.24) is 0 Å². The summed E-state index contributed by atoms with van der Waals surface area (Å²) in [6.45, 7) is 0. The first-order valence-electron chi connectivity index (χ1n) is 4.87. The topological polar surface area (TPSA) is 38.4 Å². The number of halogens is 1. The van der Waals surface area contributed by atoms with E-state index in [1.54, 1.807) is 0 Å². The zero-order valence-corrected chi connectivity index (χ0v) is 9.34. The summed E-state index contributed by atoms with van der Waals surface area (Å²) in [7, 11) is 0. The lowest BCUT2D eigenvalue weighted by atomic mass is 9.64. The number of amidine groups is 1. The Hall–Kier alpha value is -0.830. The fraction of sp³-hybridized carbons (Fsp3) is 0.364. The van der Waals surface area contributed by atoms with Crippen LogP contribution in [-0.4, -0.2) is 5.84 Å². The molecule has 1 aliphatic heterocycles. The zero-order chi connectivity index (χ0) is 9.76. The second-order valence-electron chi connectivity index (χ2n) is 4.09. The first kappa shape index (κ1) is 8.48. The Labute approximate surface area is 91.3 Å². The molecular formula is C11H11BrN2. The van der Waals surface area contributed by atoms with Crippen LogP contribution in [0.15, 0.2) is 27.7 Å². The lowest BCUT2D eigenvalue weighted by molar-refractivity contribution is 0.344.